The van der Waals surface area contributed by atoms with E-state index in [9.17, 15) is 4.79 Å². The molecule has 0 aromatic carbocycles. The Morgan fingerprint density at radius 1 is 1.43 bits per heavy atom. The number of ketones is 1. The van der Waals surface area contributed by atoms with E-state index in [4.69, 9.17) is 4.74 Å². The molecule has 0 bridgehead atoms. The van der Waals surface area contributed by atoms with Gasteiger partial charge in [-0.2, -0.15) is 5.10 Å². The maximum absolute atomic E-state index is 12.7. The Morgan fingerprint density at radius 2 is 2.19 bits per heavy atom. The molecule has 0 unspecified atom stereocenters. The minimum absolute atomic E-state index is 0.174. The van der Waals surface area contributed by atoms with Gasteiger partial charge in [0.25, 0.3) is 0 Å². The van der Waals surface area contributed by atoms with Crippen molar-refractivity contribution in [2.75, 3.05) is 27.7 Å². The van der Waals surface area contributed by atoms with Gasteiger partial charge in [0.1, 0.15) is 5.69 Å². The molecular formula is C15H20N4O2. The Morgan fingerprint density at radius 3 is 2.81 bits per heavy atom. The number of carbonyl (C=O) groups excluding carboxylic acids is 1. The van der Waals surface area contributed by atoms with Crippen LogP contribution in [0.4, 0.5) is 0 Å². The predicted molar refractivity (Wildman–Crippen MR) is 79.7 cm³/mol. The van der Waals surface area contributed by atoms with Crippen LogP contribution < -0.4 is 4.74 Å². The monoisotopic (exact) mass is 288 g/mol. The third-order valence-corrected chi connectivity index (χ3v) is 3.15. The molecule has 0 fully saturated rings. The summed E-state index contributed by atoms with van der Waals surface area (Å²) in [6.45, 7) is 3.33. The summed E-state index contributed by atoms with van der Waals surface area (Å²) in [5.41, 5.74) is 1.84. The summed E-state index contributed by atoms with van der Waals surface area (Å²) in [6.07, 6.45) is 3.20. The number of rotatable bonds is 6. The highest BCUT2D eigenvalue weighted by atomic mass is 16.5. The van der Waals surface area contributed by atoms with Gasteiger partial charge in [-0.05, 0) is 38.7 Å². The molecule has 2 aromatic rings. The summed E-state index contributed by atoms with van der Waals surface area (Å²) in [4.78, 5) is 18.9. The Bertz CT molecular complexity index is 634. The quantitative estimate of drug-likeness (QED) is 0.752. The lowest BCUT2D eigenvalue weighted by Gasteiger charge is -2.12. The summed E-state index contributed by atoms with van der Waals surface area (Å²) in [7, 11) is 5.49. The molecule has 6 nitrogen and oxygen atoms in total. The van der Waals surface area contributed by atoms with Crippen LogP contribution in [-0.2, 0) is 6.54 Å². The van der Waals surface area contributed by atoms with Crippen molar-refractivity contribution in [2.24, 2.45) is 0 Å². The molecule has 0 amide bonds. The van der Waals surface area contributed by atoms with E-state index in [1.807, 2.05) is 32.0 Å². The zero-order valence-electron chi connectivity index (χ0n) is 12.8. The maximum atomic E-state index is 12.7. The van der Waals surface area contributed by atoms with Crippen LogP contribution in [0.15, 0.2) is 24.5 Å². The van der Waals surface area contributed by atoms with Gasteiger partial charge in [0.2, 0.25) is 5.78 Å². The SMILES string of the molecule is COc1cnn(CCN(C)C)c1C(=O)c1cc(C)ccn1. The second-order valence-electron chi connectivity index (χ2n) is 5.14. The molecule has 6 heteroatoms. The first-order valence-corrected chi connectivity index (χ1v) is 6.75. The van der Waals surface area contributed by atoms with Crippen molar-refractivity contribution >= 4 is 5.78 Å². The maximum Gasteiger partial charge on any atom is 0.233 e. The first kappa shape index (κ1) is 15.2. The number of hydrogen-bond donors (Lipinski definition) is 0. The van der Waals surface area contributed by atoms with Gasteiger partial charge < -0.3 is 9.64 Å². The summed E-state index contributed by atoms with van der Waals surface area (Å²) in [5.74, 6) is 0.300. The van der Waals surface area contributed by atoms with Gasteiger partial charge in [0.15, 0.2) is 11.4 Å². The van der Waals surface area contributed by atoms with E-state index in [1.54, 1.807) is 23.1 Å². The Balaban J connectivity index is 2.36. The number of carbonyl (C=O) groups is 1. The molecule has 0 N–H and O–H groups in total. The number of hydrogen-bond acceptors (Lipinski definition) is 5. The van der Waals surface area contributed by atoms with Gasteiger partial charge >= 0.3 is 0 Å². The average molecular weight is 288 g/mol. The highest BCUT2D eigenvalue weighted by Gasteiger charge is 2.22. The molecule has 0 saturated heterocycles. The van der Waals surface area contributed by atoms with Gasteiger partial charge in [-0.3, -0.25) is 14.5 Å². The first-order valence-electron chi connectivity index (χ1n) is 6.75. The van der Waals surface area contributed by atoms with Crippen molar-refractivity contribution in [3.63, 3.8) is 0 Å². The van der Waals surface area contributed by atoms with Crippen molar-refractivity contribution in [2.45, 2.75) is 13.5 Å². The fourth-order valence-corrected chi connectivity index (χ4v) is 1.99. The third kappa shape index (κ3) is 3.46. The number of pyridine rings is 1. The van der Waals surface area contributed by atoms with Gasteiger partial charge in [-0.25, -0.2) is 0 Å². The fraction of sp³-hybridized carbons (Fsp3) is 0.400. The van der Waals surface area contributed by atoms with Crippen LogP contribution in [-0.4, -0.2) is 53.2 Å². The fourth-order valence-electron chi connectivity index (χ4n) is 1.99. The number of methoxy groups -OCH3 is 1. The van der Waals surface area contributed by atoms with Crippen molar-refractivity contribution in [3.8, 4) is 5.75 Å². The van der Waals surface area contributed by atoms with E-state index in [2.05, 4.69) is 10.1 Å². The number of aromatic nitrogens is 3. The van der Waals surface area contributed by atoms with Gasteiger partial charge in [-0.15, -0.1) is 0 Å². The molecule has 0 atom stereocenters. The molecule has 0 saturated carbocycles. The summed E-state index contributed by atoms with van der Waals surface area (Å²) < 4.78 is 6.93. The van der Waals surface area contributed by atoms with Gasteiger partial charge in [0.05, 0.1) is 19.9 Å². The minimum Gasteiger partial charge on any atom is -0.493 e. The zero-order valence-corrected chi connectivity index (χ0v) is 12.8. The topological polar surface area (TPSA) is 60.2 Å². The lowest BCUT2D eigenvalue weighted by molar-refractivity contribution is 0.102. The van der Waals surface area contributed by atoms with Crippen molar-refractivity contribution in [3.05, 3.63) is 41.5 Å². The normalized spacial score (nSPS) is 10.9. The standard InChI is InChI=1S/C15H20N4O2/c1-11-5-6-16-12(9-11)15(20)14-13(21-4)10-17-19(14)8-7-18(2)3/h5-6,9-10H,7-8H2,1-4H3. The number of likely N-dealkylation sites (N-methyl/N-ethyl adjacent to an activating group) is 1. The van der Waals surface area contributed by atoms with E-state index in [0.29, 0.717) is 23.7 Å². The van der Waals surface area contributed by atoms with Gasteiger partial charge in [0, 0.05) is 12.7 Å². The summed E-state index contributed by atoms with van der Waals surface area (Å²) in [6, 6.07) is 3.63. The Hall–Kier alpha value is -2.21. The number of nitrogens with zero attached hydrogens (tertiary/aromatic N) is 4. The van der Waals surface area contributed by atoms with Crippen LogP contribution in [0.25, 0.3) is 0 Å². The van der Waals surface area contributed by atoms with Crippen molar-refractivity contribution in [1.82, 2.24) is 19.7 Å². The molecule has 0 aliphatic rings. The van der Waals surface area contributed by atoms with E-state index < -0.39 is 0 Å². The number of aryl methyl sites for hydroxylation is 1. The predicted octanol–water partition coefficient (Wildman–Crippen LogP) is 1.39. The van der Waals surface area contributed by atoms with Crippen LogP contribution >= 0.6 is 0 Å². The van der Waals surface area contributed by atoms with Crippen LogP contribution in [0.5, 0.6) is 5.75 Å². The Labute approximate surface area is 124 Å². The smallest absolute Gasteiger partial charge is 0.233 e. The molecule has 0 spiro atoms. The molecule has 2 rings (SSSR count). The zero-order chi connectivity index (χ0) is 15.4. The minimum atomic E-state index is -0.174. The lowest BCUT2D eigenvalue weighted by atomic mass is 10.1. The third-order valence-electron chi connectivity index (χ3n) is 3.15. The van der Waals surface area contributed by atoms with Crippen LogP contribution in [0.2, 0.25) is 0 Å². The second-order valence-corrected chi connectivity index (χ2v) is 5.14. The Kier molecular flexibility index (Phi) is 4.70. The molecule has 0 aliphatic carbocycles. The number of ether oxygens (including phenoxy) is 1. The summed E-state index contributed by atoms with van der Waals surface area (Å²) in [5, 5.41) is 4.24. The molecule has 0 aliphatic heterocycles. The van der Waals surface area contributed by atoms with Crippen LogP contribution in [0, 0.1) is 6.92 Å². The second kappa shape index (κ2) is 6.49. The summed E-state index contributed by atoms with van der Waals surface area (Å²) >= 11 is 0. The van der Waals surface area contributed by atoms with Crippen LogP contribution in [0.1, 0.15) is 21.7 Å². The molecule has 0 radical (unpaired) electrons. The van der Waals surface area contributed by atoms with Gasteiger partial charge in [-0.1, -0.05) is 0 Å². The van der Waals surface area contributed by atoms with E-state index in [1.165, 1.54) is 7.11 Å². The largest absolute Gasteiger partial charge is 0.493 e. The molecule has 112 valence electrons. The molecule has 21 heavy (non-hydrogen) atoms. The molecule has 2 heterocycles. The average Bonchev–Trinajstić information content (AvgIpc) is 2.87. The highest BCUT2D eigenvalue weighted by Crippen LogP contribution is 2.21. The van der Waals surface area contributed by atoms with Crippen molar-refractivity contribution < 1.29 is 9.53 Å². The van der Waals surface area contributed by atoms with E-state index >= 15 is 0 Å². The lowest BCUT2D eigenvalue weighted by Crippen LogP contribution is -2.22. The van der Waals surface area contributed by atoms with E-state index in [0.717, 1.165) is 12.1 Å². The first-order chi connectivity index (χ1) is 10.0. The molecule has 2 aromatic heterocycles. The van der Waals surface area contributed by atoms with Crippen LogP contribution in [0.3, 0.4) is 0 Å². The van der Waals surface area contributed by atoms with E-state index in [-0.39, 0.29) is 5.78 Å². The molecular weight excluding hydrogens is 268 g/mol. The van der Waals surface area contributed by atoms with Crippen molar-refractivity contribution in [1.29, 1.82) is 0 Å². The highest BCUT2D eigenvalue weighted by molar-refractivity contribution is 6.08.